The molecular weight excluding hydrogens is 275 g/mol. The van der Waals surface area contributed by atoms with E-state index in [-0.39, 0.29) is 18.9 Å². The summed E-state index contributed by atoms with van der Waals surface area (Å²) < 4.78 is 10.6. The van der Waals surface area contributed by atoms with Gasteiger partial charge in [0, 0.05) is 13.5 Å². The Morgan fingerprint density at radius 3 is 2.23 bits per heavy atom. The number of aliphatic carboxylic acids is 1. The topological polar surface area (TPSA) is 55.8 Å². The van der Waals surface area contributed by atoms with Crippen molar-refractivity contribution in [2.75, 3.05) is 7.11 Å². The number of benzene rings is 2. The van der Waals surface area contributed by atoms with Crippen molar-refractivity contribution >= 4 is 24.8 Å². The molecule has 0 aromatic heterocycles. The number of hydrogen-bond acceptors (Lipinski definition) is 3. The SMILES string of the molecule is COC(Cc1ccc(OCc2ccccc2)cc1)C(=O)O.[LiH]. The van der Waals surface area contributed by atoms with Gasteiger partial charge in [-0.15, -0.1) is 0 Å². The van der Waals surface area contributed by atoms with Gasteiger partial charge in [-0.1, -0.05) is 42.5 Å². The van der Waals surface area contributed by atoms with Crippen LogP contribution in [0, 0.1) is 0 Å². The number of carboxylic acids is 1. The molecule has 0 aliphatic carbocycles. The fourth-order valence-corrected chi connectivity index (χ4v) is 1.95. The van der Waals surface area contributed by atoms with Gasteiger partial charge in [0.05, 0.1) is 0 Å². The maximum atomic E-state index is 10.9. The molecule has 1 unspecified atom stereocenters. The van der Waals surface area contributed by atoms with Gasteiger partial charge in [-0.05, 0) is 23.3 Å². The van der Waals surface area contributed by atoms with Crippen LogP contribution in [0.3, 0.4) is 0 Å². The van der Waals surface area contributed by atoms with Crippen molar-refractivity contribution < 1.29 is 19.4 Å². The molecule has 4 nitrogen and oxygen atoms in total. The summed E-state index contributed by atoms with van der Waals surface area (Å²) >= 11 is 0. The minimum absolute atomic E-state index is 0. The summed E-state index contributed by atoms with van der Waals surface area (Å²) in [5, 5.41) is 8.95. The van der Waals surface area contributed by atoms with Crippen LogP contribution in [0.15, 0.2) is 54.6 Å². The molecule has 0 radical (unpaired) electrons. The van der Waals surface area contributed by atoms with E-state index in [0.717, 1.165) is 16.9 Å². The molecule has 0 aliphatic rings. The predicted molar refractivity (Wildman–Crippen MR) is 86.5 cm³/mol. The molecule has 0 aliphatic heterocycles. The molecule has 2 aromatic rings. The van der Waals surface area contributed by atoms with E-state index in [1.54, 1.807) is 0 Å². The molecule has 0 bridgehead atoms. The average molecular weight is 294 g/mol. The fraction of sp³-hybridized carbons (Fsp3) is 0.235. The number of carboxylic acid groups (broad SMARTS) is 1. The third-order valence-corrected chi connectivity index (χ3v) is 3.15. The Kier molecular flexibility index (Phi) is 7.76. The van der Waals surface area contributed by atoms with Crippen LogP contribution < -0.4 is 4.74 Å². The summed E-state index contributed by atoms with van der Waals surface area (Å²) in [7, 11) is 1.40. The molecule has 5 heteroatoms. The molecule has 22 heavy (non-hydrogen) atoms. The molecule has 0 fully saturated rings. The number of methoxy groups -OCH3 is 1. The molecular formula is C17H19LiO4. The van der Waals surface area contributed by atoms with Crippen molar-refractivity contribution in [1.82, 2.24) is 0 Å². The Morgan fingerprint density at radius 2 is 1.68 bits per heavy atom. The Bertz CT molecular complexity index is 569. The van der Waals surface area contributed by atoms with E-state index in [4.69, 9.17) is 14.6 Å². The standard InChI is InChI=1S/C17H18O4.Li.H/c1-20-16(17(18)19)11-13-7-9-15(10-8-13)21-12-14-5-3-2-4-6-14;;/h2-10,16H,11-12H2,1H3,(H,18,19);;. The van der Waals surface area contributed by atoms with E-state index in [0.29, 0.717) is 13.0 Å². The van der Waals surface area contributed by atoms with Crippen molar-refractivity contribution in [2.24, 2.45) is 0 Å². The number of rotatable bonds is 7. The second kappa shape index (κ2) is 9.32. The van der Waals surface area contributed by atoms with Gasteiger partial charge >= 0.3 is 24.8 Å². The third kappa shape index (κ3) is 5.57. The van der Waals surface area contributed by atoms with E-state index in [9.17, 15) is 4.79 Å². The van der Waals surface area contributed by atoms with E-state index < -0.39 is 12.1 Å². The van der Waals surface area contributed by atoms with Gasteiger partial charge in [-0.25, -0.2) is 4.79 Å². The summed E-state index contributed by atoms with van der Waals surface area (Å²) in [5.41, 5.74) is 2.00. The summed E-state index contributed by atoms with van der Waals surface area (Å²) in [4.78, 5) is 10.9. The summed E-state index contributed by atoms with van der Waals surface area (Å²) in [6, 6.07) is 17.3. The molecule has 2 aromatic carbocycles. The zero-order valence-electron chi connectivity index (χ0n) is 11.9. The Labute approximate surface area is 142 Å². The van der Waals surface area contributed by atoms with Crippen molar-refractivity contribution in [3.05, 3.63) is 65.7 Å². The normalized spacial score (nSPS) is 11.3. The molecule has 1 N–H and O–H groups in total. The first-order chi connectivity index (χ1) is 10.2. The van der Waals surface area contributed by atoms with Crippen LogP contribution in [0.25, 0.3) is 0 Å². The first-order valence-electron chi connectivity index (χ1n) is 6.70. The molecule has 0 heterocycles. The first kappa shape index (κ1) is 18.3. The van der Waals surface area contributed by atoms with Gasteiger partial charge in [0.25, 0.3) is 0 Å². The third-order valence-electron chi connectivity index (χ3n) is 3.15. The Hall–Kier alpha value is -1.73. The fourth-order valence-electron chi connectivity index (χ4n) is 1.95. The minimum atomic E-state index is -0.957. The first-order valence-corrected chi connectivity index (χ1v) is 6.70. The Balaban J connectivity index is 0.00000242. The van der Waals surface area contributed by atoms with Crippen LogP contribution in [0.2, 0.25) is 0 Å². The Morgan fingerprint density at radius 1 is 1.05 bits per heavy atom. The quantitative estimate of drug-likeness (QED) is 0.796. The van der Waals surface area contributed by atoms with E-state index in [2.05, 4.69) is 0 Å². The molecule has 1 atom stereocenters. The van der Waals surface area contributed by atoms with Crippen molar-refractivity contribution in [2.45, 2.75) is 19.1 Å². The second-order valence-corrected chi connectivity index (χ2v) is 4.68. The molecule has 0 spiro atoms. The van der Waals surface area contributed by atoms with Crippen LogP contribution in [0.1, 0.15) is 11.1 Å². The number of carbonyl (C=O) groups is 1. The van der Waals surface area contributed by atoms with Crippen LogP contribution in [0.4, 0.5) is 0 Å². The van der Waals surface area contributed by atoms with Gasteiger partial charge in [-0.3, -0.25) is 0 Å². The van der Waals surface area contributed by atoms with Gasteiger partial charge in [0.15, 0.2) is 6.10 Å². The molecule has 112 valence electrons. The van der Waals surface area contributed by atoms with Crippen molar-refractivity contribution in [3.63, 3.8) is 0 Å². The molecule has 0 saturated carbocycles. The zero-order valence-corrected chi connectivity index (χ0v) is 11.9. The van der Waals surface area contributed by atoms with Gasteiger partial charge in [0.2, 0.25) is 0 Å². The summed E-state index contributed by atoms with van der Waals surface area (Å²) in [6.07, 6.45) is -0.480. The van der Waals surface area contributed by atoms with Crippen LogP contribution >= 0.6 is 0 Å². The van der Waals surface area contributed by atoms with Crippen LogP contribution in [-0.2, 0) is 22.6 Å². The second-order valence-electron chi connectivity index (χ2n) is 4.68. The van der Waals surface area contributed by atoms with Gasteiger partial charge in [-0.2, -0.15) is 0 Å². The van der Waals surface area contributed by atoms with Crippen molar-refractivity contribution in [3.8, 4) is 5.75 Å². The summed E-state index contributed by atoms with van der Waals surface area (Å²) in [5.74, 6) is -0.200. The zero-order chi connectivity index (χ0) is 15.1. The van der Waals surface area contributed by atoms with E-state index in [1.807, 2.05) is 54.6 Å². The summed E-state index contributed by atoms with van der Waals surface area (Å²) in [6.45, 7) is 0.510. The van der Waals surface area contributed by atoms with Crippen molar-refractivity contribution in [1.29, 1.82) is 0 Å². The van der Waals surface area contributed by atoms with E-state index in [1.165, 1.54) is 7.11 Å². The van der Waals surface area contributed by atoms with Crippen LogP contribution in [-0.4, -0.2) is 43.2 Å². The molecule has 2 rings (SSSR count). The number of ether oxygens (including phenoxy) is 2. The maximum absolute atomic E-state index is 10.9. The molecule has 0 amide bonds. The van der Waals surface area contributed by atoms with E-state index >= 15 is 0 Å². The number of hydrogen-bond donors (Lipinski definition) is 1. The average Bonchev–Trinajstić information content (AvgIpc) is 2.52. The van der Waals surface area contributed by atoms with Gasteiger partial charge in [0.1, 0.15) is 12.4 Å². The predicted octanol–water partition coefficient (Wildman–Crippen LogP) is 2.26. The molecule has 0 saturated heterocycles. The monoisotopic (exact) mass is 294 g/mol. The van der Waals surface area contributed by atoms with Crippen LogP contribution in [0.5, 0.6) is 5.75 Å². The van der Waals surface area contributed by atoms with Gasteiger partial charge < -0.3 is 14.6 Å².